The van der Waals surface area contributed by atoms with Crippen LogP contribution in [0.1, 0.15) is 41.6 Å². The lowest BCUT2D eigenvalue weighted by Crippen LogP contribution is -2.41. The lowest BCUT2D eigenvalue weighted by molar-refractivity contribution is -0.115. The number of benzene rings is 2. The molecule has 1 saturated heterocycles. The Morgan fingerprint density at radius 3 is 2.69 bits per heavy atom. The van der Waals surface area contributed by atoms with Crippen molar-refractivity contribution in [2.45, 2.75) is 50.7 Å². The van der Waals surface area contributed by atoms with Crippen LogP contribution in [-0.4, -0.2) is 61.6 Å². The first-order chi connectivity index (χ1) is 21.9. The third-order valence-electron chi connectivity index (χ3n) is 10.5. The monoisotopic (exact) mass is 601 g/mol. The number of ether oxygens (including phenoxy) is 1. The zero-order valence-corrected chi connectivity index (χ0v) is 25.4. The molecular formula is C35H35N7O3. The van der Waals surface area contributed by atoms with Gasteiger partial charge in [0.1, 0.15) is 16.9 Å². The van der Waals surface area contributed by atoms with Crippen molar-refractivity contribution in [1.29, 1.82) is 0 Å². The van der Waals surface area contributed by atoms with Crippen molar-refractivity contribution in [1.82, 2.24) is 24.0 Å². The summed E-state index contributed by atoms with van der Waals surface area (Å²) in [5.41, 5.74) is 14.2. The normalized spacial score (nSPS) is 22.1. The number of piperidine rings is 1. The molecule has 10 nitrogen and oxygen atoms in total. The van der Waals surface area contributed by atoms with Gasteiger partial charge < -0.3 is 29.8 Å². The molecule has 10 heteroatoms. The second-order valence-electron chi connectivity index (χ2n) is 13.3. The number of carbonyl (C=O) groups is 2. The van der Waals surface area contributed by atoms with Crippen LogP contribution in [0.15, 0.2) is 48.5 Å². The van der Waals surface area contributed by atoms with Crippen molar-refractivity contribution in [3.8, 4) is 28.5 Å². The van der Waals surface area contributed by atoms with Crippen molar-refractivity contribution < 1.29 is 14.3 Å². The number of likely N-dealkylation sites (tertiary alicyclic amines) is 1. The molecule has 5 aromatic rings. The number of amides is 2. The van der Waals surface area contributed by atoms with Crippen molar-refractivity contribution in [2.24, 2.45) is 24.6 Å². The summed E-state index contributed by atoms with van der Waals surface area (Å²) in [7, 11) is 3.65. The molecule has 45 heavy (non-hydrogen) atoms. The summed E-state index contributed by atoms with van der Waals surface area (Å²) in [6.45, 7) is 1.58. The molecule has 4 aliphatic rings. The minimum absolute atomic E-state index is 0.00393. The molecule has 2 aliphatic carbocycles. The van der Waals surface area contributed by atoms with Crippen LogP contribution in [0.2, 0.25) is 0 Å². The van der Waals surface area contributed by atoms with Crippen LogP contribution in [0.3, 0.4) is 0 Å². The Morgan fingerprint density at radius 1 is 1.07 bits per heavy atom. The highest BCUT2D eigenvalue weighted by atomic mass is 16.5. The van der Waals surface area contributed by atoms with E-state index in [2.05, 4.69) is 26.6 Å². The van der Waals surface area contributed by atoms with E-state index in [1.807, 2.05) is 48.3 Å². The number of hydrogen-bond donors (Lipinski definition) is 2. The first-order valence-electron chi connectivity index (χ1n) is 15.9. The molecule has 3 fully saturated rings. The molecule has 0 spiro atoms. The largest absolute Gasteiger partial charge is 0.494 e. The number of hydrogen-bond acceptors (Lipinski definition) is 6. The standard InChI is InChI=1S/C35H35N7O3/c1-40-32-26(12-23(14-29(32)45-2)35(44)42-17-22-8-10-27(42)31(22)36)39-34(40)28-13-21-7-9-24(38-33(21)41(28)16-18-3-4-18)19-5-6-20-15-30(43)37-25(20)11-19/h5-7,9,11-14,18,22,27,31H,3-4,8,10,15-17,36H2,1-2H3,(H,37,43). The number of nitrogens with two attached hydrogens (primary N) is 1. The number of carbonyl (C=O) groups excluding carboxylic acids is 2. The summed E-state index contributed by atoms with van der Waals surface area (Å²) in [6.07, 6.45) is 4.88. The van der Waals surface area contributed by atoms with Crippen LogP contribution in [-0.2, 0) is 24.8 Å². The molecule has 3 unspecified atom stereocenters. The fourth-order valence-corrected chi connectivity index (χ4v) is 7.86. The number of imidazole rings is 1. The average Bonchev–Trinajstić information content (AvgIpc) is 3.26. The van der Waals surface area contributed by atoms with Crippen LogP contribution < -0.4 is 15.8 Å². The fraction of sp³-hybridized carbons (Fsp3) is 0.371. The number of aromatic nitrogens is 4. The quantitative estimate of drug-likeness (QED) is 0.290. The van der Waals surface area contributed by atoms with E-state index in [9.17, 15) is 9.59 Å². The Bertz CT molecular complexity index is 2070. The first-order valence-corrected chi connectivity index (χ1v) is 15.9. The van der Waals surface area contributed by atoms with Gasteiger partial charge in [0.2, 0.25) is 5.91 Å². The highest BCUT2D eigenvalue weighted by molar-refractivity contribution is 6.01. The molecule has 2 amide bonds. The van der Waals surface area contributed by atoms with Crippen LogP contribution in [0.25, 0.3) is 44.8 Å². The van der Waals surface area contributed by atoms with Gasteiger partial charge in [-0.1, -0.05) is 12.1 Å². The van der Waals surface area contributed by atoms with Crippen molar-refractivity contribution in [3.05, 3.63) is 59.7 Å². The van der Waals surface area contributed by atoms with Gasteiger partial charge in [0.05, 0.1) is 30.4 Å². The van der Waals surface area contributed by atoms with Gasteiger partial charge in [-0.25, -0.2) is 9.97 Å². The highest BCUT2D eigenvalue weighted by Crippen LogP contribution is 2.40. The Labute approximate surface area is 260 Å². The zero-order valence-electron chi connectivity index (χ0n) is 25.4. The number of nitrogens with one attached hydrogen (secondary N) is 1. The molecule has 0 radical (unpaired) electrons. The van der Waals surface area contributed by atoms with E-state index in [0.29, 0.717) is 29.6 Å². The summed E-state index contributed by atoms with van der Waals surface area (Å²) in [4.78, 5) is 37.9. The summed E-state index contributed by atoms with van der Waals surface area (Å²) < 4.78 is 10.2. The van der Waals surface area contributed by atoms with Crippen LogP contribution >= 0.6 is 0 Å². The van der Waals surface area contributed by atoms with Crippen LogP contribution in [0.5, 0.6) is 5.75 Å². The molecule has 2 aromatic carbocycles. The molecule has 5 heterocycles. The number of nitrogens with zero attached hydrogens (tertiary/aromatic N) is 5. The summed E-state index contributed by atoms with van der Waals surface area (Å²) >= 11 is 0. The molecular weight excluding hydrogens is 566 g/mol. The van der Waals surface area contributed by atoms with Gasteiger partial charge in [-0.3, -0.25) is 9.59 Å². The minimum atomic E-state index is -0.00393. The molecule has 2 aliphatic heterocycles. The van der Waals surface area contributed by atoms with Gasteiger partial charge in [-0.05, 0) is 79.5 Å². The Kier molecular flexibility index (Phi) is 5.72. The molecule has 3 atom stereocenters. The van der Waals surface area contributed by atoms with E-state index in [4.69, 9.17) is 20.4 Å². The maximum Gasteiger partial charge on any atom is 0.254 e. The first kappa shape index (κ1) is 26.7. The lowest BCUT2D eigenvalue weighted by Gasteiger charge is -2.27. The second-order valence-corrected chi connectivity index (χ2v) is 13.3. The molecule has 9 rings (SSSR count). The van der Waals surface area contributed by atoms with Gasteiger partial charge >= 0.3 is 0 Å². The number of pyridine rings is 1. The van der Waals surface area contributed by atoms with Crippen LogP contribution in [0.4, 0.5) is 5.69 Å². The molecule has 2 bridgehead atoms. The zero-order chi connectivity index (χ0) is 30.6. The Morgan fingerprint density at radius 2 is 1.93 bits per heavy atom. The van der Waals surface area contributed by atoms with Gasteiger partial charge in [-0.15, -0.1) is 0 Å². The molecule has 2 saturated carbocycles. The topological polar surface area (TPSA) is 120 Å². The minimum Gasteiger partial charge on any atom is -0.494 e. The number of methoxy groups -OCH3 is 1. The van der Waals surface area contributed by atoms with Crippen molar-refractivity contribution in [3.63, 3.8) is 0 Å². The summed E-state index contributed by atoms with van der Waals surface area (Å²) in [6, 6.07) is 16.3. The summed E-state index contributed by atoms with van der Waals surface area (Å²) in [5, 5.41) is 4.00. The van der Waals surface area contributed by atoms with E-state index in [1.54, 1.807) is 7.11 Å². The number of anilines is 1. The van der Waals surface area contributed by atoms with Gasteiger partial charge in [0.25, 0.3) is 5.91 Å². The second kappa shape index (κ2) is 9.65. The van der Waals surface area contributed by atoms with Gasteiger partial charge in [-0.2, -0.15) is 0 Å². The van der Waals surface area contributed by atoms with E-state index in [0.717, 1.165) is 82.0 Å². The van der Waals surface area contributed by atoms with E-state index >= 15 is 0 Å². The highest BCUT2D eigenvalue weighted by Gasteiger charge is 2.47. The number of fused-ring (bicyclic) bond motifs is 5. The van der Waals surface area contributed by atoms with Crippen molar-refractivity contribution in [2.75, 3.05) is 19.0 Å². The fourth-order valence-electron chi connectivity index (χ4n) is 7.86. The Hall–Kier alpha value is -4.70. The third kappa shape index (κ3) is 4.11. The maximum atomic E-state index is 13.7. The predicted octanol–water partition coefficient (Wildman–Crippen LogP) is 4.73. The van der Waals surface area contributed by atoms with E-state index < -0.39 is 0 Å². The van der Waals surface area contributed by atoms with Gasteiger partial charge in [0, 0.05) is 54.4 Å². The molecule has 3 N–H and O–H groups in total. The molecule has 3 aromatic heterocycles. The number of aryl methyl sites for hydroxylation is 1. The van der Waals surface area contributed by atoms with Gasteiger partial charge in [0.15, 0.2) is 5.82 Å². The molecule has 228 valence electrons. The third-order valence-corrected chi connectivity index (χ3v) is 10.5. The number of rotatable bonds is 6. The maximum absolute atomic E-state index is 13.7. The predicted molar refractivity (Wildman–Crippen MR) is 172 cm³/mol. The lowest BCUT2D eigenvalue weighted by atomic mass is 10.1. The van der Waals surface area contributed by atoms with E-state index in [-0.39, 0.29) is 23.9 Å². The Balaban J connectivity index is 1.14. The summed E-state index contributed by atoms with van der Waals surface area (Å²) in [5.74, 6) is 2.44. The van der Waals surface area contributed by atoms with Crippen LogP contribution in [0, 0.1) is 11.8 Å². The van der Waals surface area contributed by atoms with Crippen molar-refractivity contribution >= 4 is 39.6 Å². The SMILES string of the molecule is COc1cc(C(=O)N2CC3CCC2C3N)cc2nc(-c3cc4ccc(-c5ccc6c(c5)NC(=O)C6)nc4n3CC3CC3)n(C)c12. The average molecular weight is 602 g/mol. The smallest absolute Gasteiger partial charge is 0.254 e. The van der Waals surface area contributed by atoms with E-state index in [1.165, 1.54) is 12.8 Å².